The number of anilines is 3. The third-order valence-corrected chi connectivity index (χ3v) is 14.2. The van der Waals surface area contributed by atoms with Crippen LogP contribution in [0.15, 0.2) is 261 Å². The van der Waals surface area contributed by atoms with Crippen LogP contribution in [-0.4, -0.2) is 0 Å². The second-order valence-corrected chi connectivity index (χ2v) is 17.8. The van der Waals surface area contributed by atoms with Gasteiger partial charge in [0.1, 0.15) is 0 Å². The van der Waals surface area contributed by atoms with Gasteiger partial charge in [-0.25, -0.2) is 0 Å². The van der Waals surface area contributed by atoms with Crippen LogP contribution in [-0.2, 0) is 0 Å². The van der Waals surface area contributed by atoms with E-state index in [-0.39, 0.29) is 0 Å². The van der Waals surface area contributed by atoms with Crippen LogP contribution in [0.5, 0.6) is 0 Å². The van der Waals surface area contributed by atoms with E-state index >= 15 is 0 Å². The van der Waals surface area contributed by atoms with Crippen molar-refractivity contribution in [3.05, 3.63) is 261 Å². The first-order chi connectivity index (χ1) is 32.8. The number of benzene rings is 11. The fraction of sp³-hybridized carbons (Fsp3) is 0. The Hall–Kier alpha value is -8.30. The van der Waals surface area contributed by atoms with Crippen molar-refractivity contribution in [1.29, 1.82) is 0 Å². The van der Waals surface area contributed by atoms with Crippen molar-refractivity contribution >= 4 is 59.3 Å². The third kappa shape index (κ3) is 7.05. The van der Waals surface area contributed by atoms with E-state index in [2.05, 4.69) is 266 Å². The van der Waals surface area contributed by atoms with E-state index in [1.54, 1.807) is 0 Å². The van der Waals surface area contributed by atoms with Crippen LogP contribution in [0, 0.1) is 0 Å². The predicted molar refractivity (Wildman–Crippen MR) is 284 cm³/mol. The highest BCUT2D eigenvalue weighted by Gasteiger charge is 2.23. The van der Waals surface area contributed by atoms with Gasteiger partial charge < -0.3 is 4.90 Å². The van der Waals surface area contributed by atoms with Crippen molar-refractivity contribution in [2.24, 2.45) is 0 Å². The first-order valence-electron chi connectivity index (χ1n) is 22.6. The van der Waals surface area contributed by atoms with Crippen molar-refractivity contribution < 1.29 is 0 Å². The Kier molecular flexibility index (Phi) is 10.1. The van der Waals surface area contributed by atoms with E-state index in [1.165, 1.54) is 92.1 Å². The minimum atomic E-state index is 1.08. The molecule has 0 bridgehead atoms. The zero-order valence-electron chi connectivity index (χ0n) is 36.2. The van der Waals surface area contributed by atoms with Crippen molar-refractivity contribution in [3.63, 3.8) is 0 Å². The van der Waals surface area contributed by atoms with Gasteiger partial charge in [0.05, 0.1) is 11.4 Å². The molecule has 1 aromatic heterocycles. The molecule has 0 aliphatic heterocycles. The molecule has 0 radical (unpaired) electrons. The second-order valence-electron chi connectivity index (χ2n) is 16.8. The van der Waals surface area contributed by atoms with Crippen LogP contribution in [0.2, 0.25) is 0 Å². The predicted octanol–water partition coefficient (Wildman–Crippen LogP) is 18.7. The molecule has 0 aliphatic rings. The average Bonchev–Trinajstić information content (AvgIpc) is 3.79. The van der Waals surface area contributed by atoms with E-state index in [9.17, 15) is 0 Å². The molecule has 0 atom stereocenters. The Morgan fingerprint density at radius 1 is 0.242 bits per heavy atom. The Balaban J connectivity index is 1.02. The summed E-state index contributed by atoms with van der Waals surface area (Å²) in [5.74, 6) is 0. The molecule has 12 rings (SSSR count). The fourth-order valence-corrected chi connectivity index (χ4v) is 11.1. The lowest BCUT2D eigenvalue weighted by molar-refractivity contribution is 1.28. The maximum absolute atomic E-state index is 2.48. The minimum absolute atomic E-state index is 1.08. The lowest BCUT2D eigenvalue weighted by Gasteiger charge is -2.30. The maximum atomic E-state index is 2.48. The minimum Gasteiger partial charge on any atom is -0.309 e. The summed E-state index contributed by atoms with van der Waals surface area (Å²) in [5.41, 5.74) is 17.6. The molecule has 0 fully saturated rings. The summed E-state index contributed by atoms with van der Waals surface area (Å²) in [6, 6.07) is 95.1. The Labute approximate surface area is 389 Å². The number of fused-ring (bicyclic) bond motifs is 4. The van der Waals surface area contributed by atoms with E-state index in [4.69, 9.17) is 0 Å². The fourth-order valence-electron chi connectivity index (χ4n) is 9.82. The van der Waals surface area contributed by atoms with E-state index in [0.717, 1.165) is 22.6 Å². The molecule has 0 spiro atoms. The zero-order chi connectivity index (χ0) is 43.8. The quantitative estimate of drug-likeness (QED) is 0.140. The molecule has 0 amide bonds. The summed E-state index contributed by atoms with van der Waals surface area (Å²) in [7, 11) is 0. The molecule has 2 heteroatoms. The van der Waals surface area contributed by atoms with Gasteiger partial charge in [0.25, 0.3) is 0 Å². The summed E-state index contributed by atoms with van der Waals surface area (Å²) < 4.78 is 2.59. The zero-order valence-corrected chi connectivity index (χ0v) is 37.0. The van der Waals surface area contributed by atoms with Crippen LogP contribution in [0.1, 0.15) is 0 Å². The highest BCUT2D eigenvalue weighted by atomic mass is 32.1. The van der Waals surface area contributed by atoms with E-state index in [0.29, 0.717) is 0 Å². The first-order valence-corrected chi connectivity index (χ1v) is 23.4. The molecule has 12 aromatic rings. The van der Waals surface area contributed by atoms with E-state index in [1.807, 2.05) is 11.3 Å². The largest absolute Gasteiger partial charge is 0.309 e. The summed E-state index contributed by atoms with van der Waals surface area (Å²) >= 11 is 1.88. The van der Waals surface area contributed by atoms with Gasteiger partial charge in [-0.3, -0.25) is 0 Å². The van der Waals surface area contributed by atoms with Crippen LogP contribution >= 0.6 is 11.3 Å². The Morgan fingerprint density at radius 2 is 0.667 bits per heavy atom. The number of thiophene rings is 1. The van der Waals surface area contributed by atoms with Gasteiger partial charge in [-0.2, -0.15) is 0 Å². The molecule has 66 heavy (non-hydrogen) atoms. The molecule has 0 saturated heterocycles. The summed E-state index contributed by atoms with van der Waals surface area (Å²) in [4.78, 5) is 2.48. The molecule has 0 unspecified atom stereocenters. The Bertz CT molecular complexity index is 3690. The van der Waals surface area contributed by atoms with Crippen molar-refractivity contribution in [2.75, 3.05) is 4.90 Å². The smallest absolute Gasteiger partial charge is 0.0540 e. The van der Waals surface area contributed by atoms with Gasteiger partial charge in [-0.15, -0.1) is 11.3 Å². The number of nitrogens with zero attached hydrogens (tertiary/aromatic N) is 1. The summed E-state index contributed by atoms with van der Waals surface area (Å²) in [6.45, 7) is 0. The topological polar surface area (TPSA) is 3.24 Å². The third-order valence-electron chi connectivity index (χ3n) is 12.9. The van der Waals surface area contributed by atoms with Crippen LogP contribution in [0.3, 0.4) is 0 Å². The molecule has 1 heterocycles. The summed E-state index contributed by atoms with van der Waals surface area (Å²) in [5, 5.41) is 5.11. The van der Waals surface area contributed by atoms with Crippen molar-refractivity contribution in [3.8, 4) is 66.8 Å². The normalized spacial score (nSPS) is 11.3. The molecule has 11 aromatic carbocycles. The highest BCUT2D eigenvalue weighted by Crippen LogP contribution is 2.49. The maximum Gasteiger partial charge on any atom is 0.0540 e. The van der Waals surface area contributed by atoms with Crippen molar-refractivity contribution in [1.82, 2.24) is 0 Å². The molecule has 0 aliphatic carbocycles. The van der Waals surface area contributed by atoms with Crippen LogP contribution in [0.4, 0.5) is 17.1 Å². The molecule has 310 valence electrons. The van der Waals surface area contributed by atoms with Gasteiger partial charge in [0.15, 0.2) is 0 Å². The van der Waals surface area contributed by atoms with Gasteiger partial charge in [0, 0.05) is 42.6 Å². The van der Waals surface area contributed by atoms with E-state index < -0.39 is 0 Å². The first kappa shape index (κ1) is 39.3. The number of hydrogen-bond donors (Lipinski definition) is 0. The monoisotopic (exact) mass is 857 g/mol. The molecule has 0 N–H and O–H groups in total. The SMILES string of the molecule is c1ccc(-c2ccccc2-c2ccccc2-c2ccccc2N(c2ccc(-c3ccc(-c4cccc5ccccc45)cc3)cc2)c2ccccc2-c2cccc3c2sc2ccccc23)cc1. The number of rotatable bonds is 9. The van der Waals surface area contributed by atoms with Crippen LogP contribution < -0.4 is 4.90 Å². The van der Waals surface area contributed by atoms with Gasteiger partial charge in [-0.1, -0.05) is 231 Å². The molecule has 1 nitrogen and oxygen atoms in total. The molecular weight excluding hydrogens is 815 g/mol. The van der Waals surface area contributed by atoms with Gasteiger partial charge in [-0.05, 0) is 91.2 Å². The number of hydrogen-bond acceptors (Lipinski definition) is 2. The summed E-state index contributed by atoms with van der Waals surface area (Å²) in [6.07, 6.45) is 0. The standard InChI is InChI=1S/C64H43NS/c1-2-18-46(19-3-1)52-23-6-7-24-53(52)54-25-8-9-26-55(54)56-27-10-13-33-61(56)65(62-34-14-11-28-57(62)59-31-17-32-60-58-29-12-15-35-63(58)66-64(59)60)49-42-40-45(41-43-49)44-36-38-48(39-37-44)51-30-16-21-47-20-4-5-22-50(47)51/h1-43H. The highest BCUT2D eigenvalue weighted by molar-refractivity contribution is 7.26. The van der Waals surface area contributed by atoms with Crippen LogP contribution in [0.25, 0.3) is 97.7 Å². The molecule has 0 saturated carbocycles. The lowest BCUT2D eigenvalue weighted by atomic mass is 9.88. The van der Waals surface area contributed by atoms with Gasteiger partial charge >= 0.3 is 0 Å². The lowest BCUT2D eigenvalue weighted by Crippen LogP contribution is -2.12. The Morgan fingerprint density at radius 3 is 1.38 bits per heavy atom. The average molecular weight is 858 g/mol. The molecular formula is C64H43NS. The van der Waals surface area contributed by atoms with Crippen molar-refractivity contribution in [2.45, 2.75) is 0 Å². The number of para-hydroxylation sites is 2. The van der Waals surface area contributed by atoms with Gasteiger partial charge in [0.2, 0.25) is 0 Å². The second kappa shape index (κ2) is 17.0.